The molecule has 0 aromatic carbocycles. The van der Waals surface area contributed by atoms with Gasteiger partial charge in [0.25, 0.3) is 0 Å². The van der Waals surface area contributed by atoms with E-state index in [0.717, 1.165) is 19.3 Å². The summed E-state index contributed by atoms with van der Waals surface area (Å²) in [6, 6.07) is 0. The number of hydrogen-bond donors (Lipinski definition) is 3. The van der Waals surface area contributed by atoms with E-state index < -0.39 is 7.60 Å². The Bertz CT molecular complexity index is 189. The molecule has 0 saturated carbocycles. The molecule has 3 nitrogen and oxygen atoms in total. The molecular weight excluding hydrogens is 215 g/mol. The Balaban J connectivity index is 3.23. The molecule has 0 aromatic rings. The van der Waals surface area contributed by atoms with Crippen LogP contribution >= 0.6 is 32.4 Å². The lowest BCUT2D eigenvalue weighted by Gasteiger charge is -2.02. The molecule has 72 valence electrons. The summed E-state index contributed by atoms with van der Waals surface area (Å²) in [5.74, 6) is 0. The summed E-state index contributed by atoms with van der Waals surface area (Å²) >= 11 is 8.66. The van der Waals surface area contributed by atoms with Gasteiger partial charge in [0.05, 0.1) is 0 Å². The SMILES string of the molecule is O=P(O)(O)CCCCCC(=S)S. The topological polar surface area (TPSA) is 57.5 Å². The second-order valence-electron chi connectivity index (χ2n) is 2.59. The second kappa shape index (κ2) is 6.11. The fourth-order valence-electron chi connectivity index (χ4n) is 0.771. The van der Waals surface area contributed by atoms with Crippen molar-refractivity contribution in [3.8, 4) is 0 Å². The van der Waals surface area contributed by atoms with Gasteiger partial charge in [0.1, 0.15) is 0 Å². The predicted octanol–water partition coefficient (Wildman–Crippen LogP) is 1.98. The Hall–Kier alpha value is 0.590. The van der Waals surface area contributed by atoms with E-state index in [0.29, 0.717) is 10.6 Å². The van der Waals surface area contributed by atoms with Crippen molar-refractivity contribution >= 4 is 36.6 Å². The molecule has 0 rings (SSSR count). The van der Waals surface area contributed by atoms with Gasteiger partial charge in [-0.15, -0.1) is 12.6 Å². The van der Waals surface area contributed by atoms with Crippen molar-refractivity contribution in [1.29, 1.82) is 0 Å². The molecule has 0 heterocycles. The summed E-state index contributed by atoms with van der Waals surface area (Å²) in [7, 11) is -3.78. The van der Waals surface area contributed by atoms with Crippen molar-refractivity contribution in [2.45, 2.75) is 25.7 Å². The van der Waals surface area contributed by atoms with Crippen LogP contribution in [-0.2, 0) is 4.57 Å². The molecule has 0 fully saturated rings. The number of thiocarbonyl (C=S) groups is 1. The van der Waals surface area contributed by atoms with Crippen molar-refractivity contribution in [3.63, 3.8) is 0 Å². The zero-order valence-electron chi connectivity index (χ0n) is 6.64. The molecule has 0 aliphatic rings. The van der Waals surface area contributed by atoms with E-state index >= 15 is 0 Å². The largest absolute Gasteiger partial charge is 0.325 e. The minimum Gasteiger partial charge on any atom is -0.324 e. The van der Waals surface area contributed by atoms with Gasteiger partial charge in [0, 0.05) is 10.4 Å². The predicted molar refractivity (Wildman–Crippen MR) is 57.0 cm³/mol. The van der Waals surface area contributed by atoms with E-state index in [1.807, 2.05) is 0 Å². The molecule has 0 atom stereocenters. The standard InChI is InChI=1S/C6H13O3PS2/c7-10(8,9)5-3-1-2-4-6(11)12/h1-5H2,(H,11,12)(H2,7,8,9). The summed E-state index contributed by atoms with van der Waals surface area (Å²) < 4.78 is 11.0. The molecule has 12 heavy (non-hydrogen) atoms. The molecule has 6 heteroatoms. The van der Waals surface area contributed by atoms with Gasteiger partial charge < -0.3 is 9.79 Å². The average molecular weight is 228 g/mol. The van der Waals surface area contributed by atoms with Gasteiger partial charge in [-0.1, -0.05) is 18.6 Å². The highest BCUT2D eigenvalue weighted by Crippen LogP contribution is 2.35. The molecule has 0 aliphatic heterocycles. The minimum absolute atomic E-state index is 0.0215. The number of hydrogen-bond acceptors (Lipinski definition) is 2. The van der Waals surface area contributed by atoms with Gasteiger partial charge in [-0.05, 0) is 19.3 Å². The van der Waals surface area contributed by atoms with Gasteiger partial charge in [-0.25, -0.2) is 0 Å². The van der Waals surface area contributed by atoms with Crippen LogP contribution in [0, 0.1) is 0 Å². The van der Waals surface area contributed by atoms with E-state index in [-0.39, 0.29) is 6.16 Å². The molecule has 0 aliphatic carbocycles. The van der Waals surface area contributed by atoms with E-state index in [2.05, 4.69) is 12.6 Å². The highest BCUT2D eigenvalue weighted by atomic mass is 32.1. The summed E-state index contributed by atoms with van der Waals surface area (Å²) in [4.78, 5) is 17.0. The maximum atomic E-state index is 10.4. The maximum absolute atomic E-state index is 10.4. The smallest absolute Gasteiger partial charge is 0.324 e. The Morgan fingerprint density at radius 3 is 2.33 bits per heavy atom. The third-order valence-corrected chi connectivity index (χ3v) is 2.67. The van der Waals surface area contributed by atoms with Crippen LogP contribution in [0.4, 0.5) is 0 Å². The number of thiol groups is 1. The molecule has 0 aromatic heterocycles. The Labute approximate surface area is 83.1 Å². The van der Waals surface area contributed by atoms with E-state index in [9.17, 15) is 4.57 Å². The van der Waals surface area contributed by atoms with Gasteiger partial charge in [-0.2, -0.15) is 0 Å². The fraction of sp³-hybridized carbons (Fsp3) is 0.833. The van der Waals surface area contributed by atoms with Crippen molar-refractivity contribution in [2.24, 2.45) is 0 Å². The highest BCUT2D eigenvalue weighted by molar-refractivity contribution is 8.11. The van der Waals surface area contributed by atoms with Crippen LogP contribution in [0.5, 0.6) is 0 Å². The summed E-state index contributed by atoms with van der Waals surface area (Å²) in [5, 5.41) is 0. The van der Waals surface area contributed by atoms with Gasteiger partial charge in [-0.3, -0.25) is 4.57 Å². The molecule has 0 radical (unpaired) electrons. The normalized spacial score (nSPS) is 11.6. The van der Waals surface area contributed by atoms with Crippen molar-refractivity contribution in [2.75, 3.05) is 6.16 Å². The van der Waals surface area contributed by atoms with E-state index in [1.165, 1.54) is 0 Å². The molecule has 2 N–H and O–H groups in total. The van der Waals surface area contributed by atoms with Gasteiger partial charge >= 0.3 is 7.60 Å². The van der Waals surface area contributed by atoms with Crippen LogP contribution in [-0.4, -0.2) is 20.1 Å². The first-order valence-electron chi connectivity index (χ1n) is 3.68. The quantitative estimate of drug-likeness (QED) is 0.281. The lowest BCUT2D eigenvalue weighted by atomic mass is 10.2. The van der Waals surface area contributed by atoms with Crippen LogP contribution in [0.25, 0.3) is 0 Å². The third kappa shape index (κ3) is 10.6. The monoisotopic (exact) mass is 228 g/mol. The third-order valence-electron chi connectivity index (χ3n) is 1.34. The molecular formula is C6H13O3PS2. The Morgan fingerprint density at radius 1 is 1.33 bits per heavy atom. The lowest BCUT2D eigenvalue weighted by molar-refractivity contribution is 0.371. The zero-order chi connectivity index (χ0) is 9.61. The lowest BCUT2D eigenvalue weighted by Crippen LogP contribution is -1.89. The van der Waals surface area contributed by atoms with Gasteiger partial charge in [0.15, 0.2) is 0 Å². The van der Waals surface area contributed by atoms with Crippen LogP contribution in [0.2, 0.25) is 0 Å². The summed E-state index contributed by atoms with van der Waals surface area (Å²) in [6.07, 6.45) is 2.95. The Morgan fingerprint density at radius 2 is 1.92 bits per heavy atom. The second-order valence-corrected chi connectivity index (χ2v) is 5.70. The highest BCUT2D eigenvalue weighted by Gasteiger charge is 2.10. The number of unbranched alkanes of at least 4 members (excludes halogenated alkanes) is 2. The molecule has 0 unspecified atom stereocenters. The molecule has 0 saturated heterocycles. The minimum atomic E-state index is -3.78. The first-order chi connectivity index (χ1) is 5.42. The van der Waals surface area contributed by atoms with E-state index in [4.69, 9.17) is 22.0 Å². The van der Waals surface area contributed by atoms with Crippen LogP contribution in [0.15, 0.2) is 0 Å². The van der Waals surface area contributed by atoms with Crippen LogP contribution in [0.3, 0.4) is 0 Å². The number of rotatable bonds is 6. The first-order valence-corrected chi connectivity index (χ1v) is 6.33. The first kappa shape index (κ1) is 12.6. The zero-order valence-corrected chi connectivity index (χ0v) is 9.25. The summed E-state index contributed by atoms with van der Waals surface area (Å²) in [6.45, 7) is 0. The van der Waals surface area contributed by atoms with E-state index in [1.54, 1.807) is 0 Å². The van der Waals surface area contributed by atoms with Crippen LogP contribution < -0.4 is 0 Å². The van der Waals surface area contributed by atoms with Gasteiger partial charge in [0.2, 0.25) is 0 Å². The molecule has 0 spiro atoms. The molecule has 0 bridgehead atoms. The van der Waals surface area contributed by atoms with Crippen molar-refractivity contribution in [1.82, 2.24) is 0 Å². The molecule has 0 amide bonds. The fourth-order valence-corrected chi connectivity index (χ4v) is 1.71. The van der Waals surface area contributed by atoms with Crippen molar-refractivity contribution < 1.29 is 14.4 Å². The average Bonchev–Trinajstić information content (AvgIpc) is 1.83. The maximum Gasteiger partial charge on any atom is 0.325 e. The Kier molecular flexibility index (Phi) is 6.41. The summed E-state index contributed by atoms with van der Waals surface area (Å²) in [5.41, 5.74) is 0. The van der Waals surface area contributed by atoms with Crippen molar-refractivity contribution in [3.05, 3.63) is 0 Å². The van der Waals surface area contributed by atoms with Crippen LogP contribution in [0.1, 0.15) is 25.7 Å².